The molecule has 1 N–H and O–H groups in total. The average Bonchev–Trinajstić information content (AvgIpc) is 2.95. The number of phenols is 1. The van der Waals surface area contributed by atoms with Gasteiger partial charge in [0.2, 0.25) is 0 Å². The maximum absolute atomic E-state index is 13.2. The standard InChI is InChI=1S/C19H10Cl2N2O2/c1-8-9-3-2-4-10-17(9)11(5-16(8)24)19(25)23-15-7-13(21)12(20)6-14(15)22-18(10)23/h2-7,24H,1H3. The minimum atomic E-state index is -0.241. The molecule has 0 fully saturated rings. The van der Waals surface area contributed by atoms with Crippen LogP contribution in [0.15, 0.2) is 41.2 Å². The van der Waals surface area contributed by atoms with Crippen molar-refractivity contribution >= 4 is 61.4 Å². The molecule has 2 aromatic heterocycles. The molecule has 3 aromatic carbocycles. The molecular weight excluding hydrogens is 359 g/mol. The first kappa shape index (κ1) is 14.8. The van der Waals surface area contributed by atoms with Gasteiger partial charge in [-0.25, -0.2) is 4.98 Å². The number of imidazole rings is 1. The van der Waals surface area contributed by atoms with E-state index < -0.39 is 0 Å². The zero-order chi connectivity index (χ0) is 17.5. The van der Waals surface area contributed by atoms with Crippen LogP contribution in [0.1, 0.15) is 5.56 Å². The van der Waals surface area contributed by atoms with Gasteiger partial charge in [-0.1, -0.05) is 41.4 Å². The summed E-state index contributed by atoms with van der Waals surface area (Å²) in [6, 6.07) is 10.5. The van der Waals surface area contributed by atoms with E-state index in [0.717, 1.165) is 21.7 Å². The van der Waals surface area contributed by atoms with E-state index in [9.17, 15) is 9.90 Å². The molecule has 5 rings (SSSR count). The lowest BCUT2D eigenvalue weighted by Gasteiger charge is -2.10. The lowest BCUT2D eigenvalue weighted by atomic mass is 9.98. The lowest BCUT2D eigenvalue weighted by Crippen LogP contribution is -2.13. The Hall–Kier alpha value is -2.56. The van der Waals surface area contributed by atoms with Gasteiger partial charge < -0.3 is 5.11 Å². The maximum atomic E-state index is 13.2. The third kappa shape index (κ3) is 1.78. The van der Waals surface area contributed by atoms with E-state index in [1.54, 1.807) is 12.1 Å². The Balaban J connectivity index is 2.19. The maximum Gasteiger partial charge on any atom is 0.264 e. The Morgan fingerprint density at radius 2 is 1.76 bits per heavy atom. The molecule has 0 atom stereocenters. The second-order valence-corrected chi connectivity index (χ2v) is 6.94. The second kappa shape index (κ2) is 4.75. The van der Waals surface area contributed by atoms with Crippen molar-refractivity contribution < 1.29 is 5.11 Å². The van der Waals surface area contributed by atoms with E-state index >= 15 is 0 Å². The van der Waals surface area contributed by atoms with Crippen molar-refractivity contribution in [1.29, 1.82) is 0 Å². The van der Waals surface area contributed by atoms with Gasteiger partial charge in [0, 0.05) is 10.8 Å². The first-order chi connectivity index (χ1) is 12.0. The van der Waals surface area contributed by atoms with Crippen LogP contribution in [0, 0.1) is 6.92 Å². The van der Waals surface area contributed by atoms with E-state index in [-0.39, 0.29) is 11.3 Å². The van der Waals surface area contributed by atoms with Gasteiger partial charge >= 0.3 is 0 Å². The van der Waals surface area contributed by atoms with E-state index in [1.165, 1.54) is 10.5 Å². The zero-order valence-electron chi connectivity index (χ0n) is 13.0. The van der Waals surface area contributed by atoms with Gasteiger partial charge in [0.05, 0.1) is 26.5 Å². The molecule has 25 heavy (non-hydrogen) atoms. The number of aromatic hydroxyl groups is 1. The minimum Gasteiger partial charge on any atom is -0.508 e. The first-order valence-electron chi connectivity index (χ1n) is 7.65. The van der Waals surface area contributed by atoms with Crippen molar-refractivity contribution in [3.63, 3.8) is 0 Å². The highest BCUT2D eigenvalue weighted by atomic mass is 35.5. The quantitative estimate of drug-likeness (QED) is 0.422. The molecule has 0 saturated carbocycles. The highest BCUT2D eigenvalue weighted by Gasteiger charge is 2.19. The molecule has 0 bridgehead atoms. The molecule has 0 aliphatic rings. The summed E-state index contributed by atoms with van der Waals surface area (Å²) >= 11 is 12.2. The van der Waals surface area contributed by atoms with Gasteiger partial charge in [-0.05, 0) is 36.1 Å². The number of aromatic nitrogens is 2. The number of hydrogen-bond donors (Lipinski definition) is 1. The van der Waals surface area contributed by atoms with Gasteiger partial charge in [0.15, 0.2) is 0 Å². The van der Waals surface area contributed by atoms with Gasteiger partial charge in [0.1, 0.15) is 11.4 Å². The fraction of sp³-hybridized carbons (Fsp3) is 0.0526. The van der Waals surface area contributed by atoms with Crippen LogP contribution in [0.25, 0.3) is 38.2 Å². The fourth-order valence-electron chi connectivity index (χ4n) is 3.54. The van der Waals surface area contributed by atoms with Crippen LogP contribution in [-0.4, -0.2) is 14.5 Å². The van der Waals surface area contributed by atoms with Crippen LogP contribution in [0.4, 0.5) is 0 Å². The van der Waals surface area contributed by atoms with Crippen LogP contribution in [-0.2, 0) is 0 Å². The number of nitrogens with zero attached hydrogens (tertiary/aromatic N) is 2. The number of benzene rings is 3. The highest BCUT2D eigenvalue weighted by Crippen LogP contribution is 2.36. The smallest absolute Gasteiger partial charge is 0.264 e. The summed E-state index contributed by atoms with van der Waals surface area (Å²) in [5, 5.41) is 13.9. The molecule has 5 aromatic rings. The molecule has 0 aliphatic heterocycles. The van der Waals surface area contributed by atoms with Crippen LogP contribution in [0.5, 0.6) is 5.75 Å². The SMILES string of the molecule is Cc1c(O)cc2c(=O)n3c4cc(Cl)c(Cl)cc4nc3c3cccc1c23. The molecule has 0 unspecified atom stereocenters. The third-order valence-electron chi connectivity index (χ3n) is 4.77. The van der Waals surface area contributed by atoms with Gasteiger partial charge in [-0.15, -0.1) is 0 Å². The Kier molecular flexibility index (Phi) is 2.80. The summed E-state index contributed by atoms with van der Waals surface area (Å²) in [4.78, 5) is 17.8. The average molecular weight is 369 g/mol. The third-order valence-corrected chi connectivity index (χ3v) is 5.50. The van der Waals surface area contributed by atoms with E-state index in [0.29, 0.717) is 32.1 Å². The van der Waals surface area contributed by atoms with E-state index in [2.05, 4.69) is 4.98 Å². The highest BCUT2D eigenvalue weighted by molar-refractivity contribution is 6.42. The first-order valence-corrected chi connectivity index (χ1v) is 8.41. The summed E-state index contributed by atoms with van der Waals surface area (Å²) in [6.07, 6.45) is 0. The van der Waals surface area contributed by atoms with Crippen molar-refractivity contribution in [3.05, 3.63) is 62.4 Å². The molecule has 0 amide bonds. The normalized spacial score (nSPS) is 12.1. The molecular formula is C19H10Cl2N2O2. The lowest BCUT2D eigenvalue weighted by molar-refractivity contribution is 0.473. The molecule has 0 saturated heterocycles. The summed E-state index contributed by atoms with van der Waals surface area (Å²) in [5.41, 5.74) is 2.25. The van der Waals surface area contributed by atoms with Crippen molar-refractivity contribution in [3.8, 4) is 5.75 Å². The molecule has 2 heterocycles. The van der Waals surface area contributed by atoms with Crippen molar-refractivity contribution in [2.24, 2.45) is 0 Å². The summed E-state index contributed by atoms with van der Waals surface area (Å²) in [5.74, 6) is 0.0990. The predicted molar refractivity (Wildman–Crippen MR) is 102 cm³/mol. The van der Waals surface area contributed by atoms with E-state index in [1.807, 2.05) is 25.1 Å². The number of hydrogen-bond acceptors (Lipinski definition) is 3. The van der Waals surface area contributed by atoms with Gasteiger partial charge in [-0.2, -0.15) is 0 Å². The van der Waals surface area contributed by atoms with Crippen LogP contribution in [0.2, 0.25) is 10.0 Å². The Labute approximate surface area is 151 Å². The molecule has 6 heteroatoms. The summed E-state index contributed by atoms with van der Waals surface area (Å²) in [7, 11) is 0. The number of rotatable bonds is 0. The Bertz CT molecular complexity index is 1410. The zero-order valence-corrected chi connectivity index (χ0v) is 14.5. The topological polar surface area (TPSA) is 54.6 Å². The van der Waals surface area contributed by atoms with Crippen LogP contribution in [0.3, 0.4) is 0 Å². The largest absolute Gasteiger partial charge is 0.508 e. The van der Waals surface area contributed by atoms with E-state index in [4.69, 9.17) is 23.2 Å². The summed E-state index contributed by atoms with van der Waals surface area (Å²) in [6.45, 7) is 1.83. The molecule has 122 valence electrons. The number of pyridine rings is 1. The number of phenolic OH excluding ortho intramolecular Hbond substituents is 1. The predicted octanol–water partition coefficient (Wildman–Crippen LogP) is 4.91. The minimum absolute atomic E-state index is 0.0990. The molecule has 0 radical (unpaired) electrons. The Morgan fingerprint density at radius 1 is 1.04 bits per heavy atom. The van der Waals surface area contributed by atoms with Gasteiger partial charge in [0.25, 0.3) is 5.56 Å². The number of halogens is 2. The second-order valence-electron chi connectivity index (χ2n) is 6.13. The number of aryl methyl sites for hydroxylation is 1. The molecule has 0 aliphatic carbocycles. The van der Waals surface area contributed by atoms with Crippen molar-refractivity contribution in [2.45, 2.75) is 6.92 Å². The van der Waals surface area contributed by atoms with Gasteiger partial charge in [-0.3, -0.25) is 9.20 Å². The summed E-state index contributed by atoms with van der Waals surface area (Å²) < 4.78 is 1.53. The molecule has 0 spiro atoms. The monoisotopic (exact) mass is 368 g/mol. The fourth-order valence-corrected chi connectivity index (χ4v) is 3.86. The number of fused-ring (bicyclic) bond motifs is 4. The van der Waals surface area contributed by atoms with Crippen molar-refractivity contribution in [1.82, 2.24) is 9.38 Å². The van der Waals surface area contributed by atoms with Crippen molar-refractivity contribution in [2.75, 3.05) is 0 Å². The van der Waals surface area contributed by atoms with Crippen LogP contribution < -0.4 is 5.56 Å². The van der Waals surface area contributed by atoms with Crippen LogP contribution >= 0.6 is 23.2 Å². The molecule has 4 nitrogen and oxygen atoms in total. The Morgan fingerprint density at radius 3 is 2.56 bits per heavy atom.